The van der Waals surface area contributed by atoms with Gasteiger partial charge < -0.3 is 14.7 Å². The number of benzene rings is 1. The maximum atomic E-state index is 13.7. The van der Waals surface area contributed by atoms with Crippen molar-refractivity contribution >= 4 is 5.71 Å². The first-order chi connectivity index (χ1) is 8.48. The third-order valence-corrected chi connectivity index (χ3v) is 2.56. The number of ether oxygens (including phenoxy) is 1. The molecule has 1 aliphatic heterocycles. The average Bonchev–Trinajstić information content (AvgIpc) is 2.72. The Balaban J connectivity index is 2.35. The number of nitrogens with zero attached hydrogens (tertiary/aromatic N) is 1. The lowest BCUT2D eigenvalue weighted by Crippen LogP contribution is -2.37. The van der Waals surface area contributed by atoms with E-state index in [0.29, 0.717) is 0 Å². The second-order valence-electron chi connectivity index (χ2n) is 3.77. The minimum absolute atomic E-state index is 0.0865. The Morgan fingerprint density at radius 1 is 1.50 bits per heavy atom. The molecule has 1 aromatic carbocycles. The molecular formula is C11H10F3NO3. The quantitative estimate of drug-likeness (QED) is 0.904. The van der Waals surface area contributed by atoms with Crippen LogP contribution < -0.4 is 4.74 Å². The summed E-state index contributed by atoms with van der Waals surface area (Å²) in [6.45, 7) is 0. The topological polar surface area (TPSA) is 51.0 Å². The van der Waals surface area contributed by atoms with Crippen LogP contribution in [-0.2, 0) is 4.84 Å². The molecule has 1 aliphatic rings. The van der Waals surface area contributed by atoms with Gasteiger partial charge in [0, 0.05) is 0 Å². The molecule has 1 unspecified atom stereocenters. The average molecular weight is 261 g/mol. The van der Waals surface area contributed by atoms with E-state index in [1.807, 2.05) is 0 Å². The van der Waals surface area contributed by atoms with Gasteiger partial charge in [-0.25, -0.2) is 13.2 Å². The van der Waals surface area contributed by atoms with Crippen molar-refractivity contribution in [3.8, 4) is 5.75 Å². The van der Waals surface area contributed by atoms with Gasteiger partial charge in [0.2, 0.25) is 0 Å². The van der Waals surface area contributed by atoms with Crippen molar-refractivity contribution in [2.45, 2.75) is 18.6 Å². The van der Waals surface area contributed by atoms with Gasteiger partial charge >= 0.3 is 12.2 Å². The predicted octanol–water partition coefficient (Wildman–Crippen LogP) is 1.91. The van der Waals surface area contributed by atoms with E-state index in [1.54, 1.807) is 0 Å². The van der Waals surface area contributed by atoms with Crippen LogP contribution in [0.1, 0.15) is 12.0 Å². The molecule has 0 aliphatic carbocycles. The van der Waals surface area contributed by atoms with Gasteiger partial charge in [0.25, 0.3) is 0 Å². The van der Waals surface area contributed by atoms with Crippen LogP contribution in [0, 0.1) is 5.82 Å². The van der Waals surface area contributed by atoms with Crippen LogP contribution in [0.5, 0.6) is 5.75 Å². The summed E-state index contributed by atoms with van der Waals surface area (Å²) in [6, 6.07) is 4.01. The molecule has 0 amide bonds. The van der Waals surface area contributed by atoms with Gasteiger partial charge in [0.15, 0.2) is 0 Å². The lowest BCUT2D eigenvalue weighted by Gasteiger charge is -2.18. The Kier molecular flexibility index (Phi) is 3.16. The minimum atomic E-state index is -3.14. The van der Waals surface area contributed by atoms with Crippen LogP contribution >= 0.6 is 0 Å². The molecular weight excluding hydrogens is 251 g/mol. The van der Waals surface area contributed by atoms with E-state index < -0.39 is 24.5 Å². The highest BCUT2D eigenvalue weighted by Gasteiger charge is 2.47. The number of oxime groups is 1. The summed E-state index contributed by atoms with van der Waals surface area (Å²) in [5, 5.41) is 12.7. The Bertz CT molecular complexity index is 492. The van der Waals surface area contributed by atoms with E-state index >= 15 is 0 Å². The van der Waals surface area contributed by atoms with Crippen molar-refractivity contribution in [1.29, 1.82) is 0 Å². The van der Waals surface area contributed by atoms with E-state index in [9.17, 15) is 18.3 Å². The zero-order chi connectivity index (χ0) is 13.3. The van der Waals surface area contributed by atoms with Crippen LogP contribution in [0.15, 0.2) is 23.4 Å². The summed E-state index contributed by atoms with van der Waals surface area (Å²) in [5.74, 6) is -3.26. The fraction of sp³-hybridized carbons (Fsp3) is 0.364. The van der Waals surface area contributed by atoms with Gasteiger partial charge in [-0.2, -0.15) is 0 Å². The van der Waals surface area contributed by atoms with Gasteiger partial charge in [-0.05, 0) is 12.1 Å². The molecule has 1 atom stereocenters. The Morgan fingerprint density at radius 3 is 2.78 bits per heavy atom. The number of methoxy groups -OCH3 is 1. The van der Waals surface area contributed by atoms with E-state index in [4.69, 9.17) is 4.74 Å². The highest BCUT2D eigenvalue weighted by atomic mass is 19.3. The molecule has 0 saturated carbocycles. The molecule has 7 heteroatoms. The van der Waals surface area contributed by atoms with Gasteiger partial charge in [0.05, 0.1) is 19.1 Å². The zero-order valence-electron chi connectivity index (χ0n) is 9.36. The van der Waals surface area contributed by atoms with Crippen LogP contribution in [0.2, 0.25) is 0 Å². The highest BCUT2D eigenvalue weighted by Crippen LogP contribution is 2.33. The molecule has 1 N–H and O–H groups in total. The lowest BCUT2D eigenvalue weighted by molar-refractivity contribution is -0.253. The molecule has 1 heterocycles. The van der Waals surface area contributed by atoms with E-state index in [1.165, 1.54) is 19.2 Å². The third kappa shape index (κ3) is 2.01. The van der Waals surface area contributed by atoms with Gasteiger partial charge in [-0.1, -0.05) is 11.2 Å². The summed E-state index contributed by atoms with van der Waals surface area (Å²) in [5.41, 5.74) is -0.204. The fourth-order valence-electron chi connectivity index (χ4n) is 1.64. The number of hydrogen-bond donors (Lipinski definition) is 1. The number of hydrogen-bond acceptors (Lipinski definition) is 4. The molecule has 0 fully saturated rings. The van der Waals surface area contributed by atoms with Gasteiger partial charge in [-0.15, -0.1) is 0 Å². The van der Waals surface area contributed by atoms with Crippen molar-refractivity contribution in [3.05, 3.63) is 29.6 Å². The second kappa shape index (κ2) is 4.49. The normalized spacial score (nSPS) is 22.9. The molecule has 0 aromatic heterocycles. The highest BCUT2D eigenvalue weighted by molar-refractivity contribution is 6.04. The first kappa shape index (κ1) is 12.7. The first-order valence-corrected chi connectivity index (χ1v) is 5.06. The summed E-state index contributed by atoms with van der Waals surface area (Å²) in [7, 11) is 1.31. The maximum absolute atomic E-state index is 13.7. The van der Waals surface area contributed by atoms with Crippen LogP contribution in [-0.4, -0.2) is 30.1 Å². The van der Waals surface area contributed by atoms with Crippen molar-refractivity contribution in [2.75, 3.05) is 7.11 Å². The zero-order valence-corrected chi connectivity index (χ0v) is 9.36. The molecule has 1 aromatic rings. The molecule has 0 spiro atoms. The lowest BCUT2D eigenvalue weighted by atomic mass is 10.0. The standard InChI is InChI=1S/C11H10F3NO3/c1-17-8-4-2-3-6(12)9(8)7-5-11(16,10(13)14)18-15-7/h2-4,10,16H,5H2,1H3. The minimum Gasteiger partial charge on any atom is -0.496 e. The van der Waals surface area contributed by atoms with E-state index in [0.717, 1.165) is 6.07 Å². The summed E-state index contributed by atoms with van der Waals surface area (Å²) in [4.78, 5) is 4.29. The fourth-order valence-corrected chi connectivity index (χ4v) is 1.64. The molecule has 18 heavy (non-hydrogen) atoms. The van der Waals surface area contributed by atoms with Crippen molar-refractivity contribution in [3.63, 3.8) is 0 Å². The third-order valence-electron chi connectivity index (χ3n) is 2.56. The number of alkyl halides is 2. The summed E-state index contributed by atoms with van der Waals surface area (Å²) in [6.07, 6.45) is -3.75. The summed E-state index contributed by atoms with van der Waals surface area (Å²) < 4.78 is 43.6. The Hall–Kier alpha value is -1.76. The molecule has 2 rings (SSSR count). The SMILES string of the molecule is COc1cccc(F)c1C1=NOC(O)(C(F)F)C1. The van der Waals surface area contributed by atoms with Crippen molar-refractivity contribution in [1.82, 2.24) is 0 Å². The van der Waals surface area contributed by atoms with Crippen molar-refractivity contribution in [2.24, 2.45) is 5.16 Å². The molecule has 0 bridgehead atoms. The van der Waals surface area contributed by atoms with Gasteiger partial charge in [-0.3, -0.25) is 0 Å². The van der Waals surface area contributed by atoms with Gasteiger partial charge in [0.1, 0.15) is 17.3 Å². The summed E-state index contributed by atoms with van der Waals surface area (Å²) >= 11 is 0. The Labute approximate surface area is 101 Å². The van der Waals surface area contributed by atoms with Crippen LogP contribution in [0.3, 0.4) is 0 Å². The predicted molar refractivity (Wildman–Crippen MR) is 56.1 cm³/mol. The Morgan fingerprint density at radius 2 is 2.22 bits per heavy atom. The number of rotatable bonds is 3. The first-order valence-electron chi connectivity index (χ1n) is 5.06. The number of halogens is 3. The molecule has 0 saturated heterocycles. The van der Waals surface area contributed by atoms with E-state index in [2.05, 4.69) is 9.99 Å². The molecule has 0 radical (unpaired) electrons. The van der Waals surface area contributed by atoms with Crippen LogP contribution in [0.25, 0.3) is 0 Å². The molecule has 98 valence electrons. The molecule has 4 nitrogen and oxygen atoms in total. The monoisotopic (exact) mass is 261 g/mol. The largest absolute Gasteiger partial charge is 0.496 e. The van der Waals surface area contributed by atoms with E-state index in [-0.39, 0.29) is 17.0 Å². The van der Waals surface area contributed by atoms with Crippen molar-refractivity contribution < 1.29 is 27.9 Å². The second-order valence-corrected chi connectivity index (χ2v) is 3.77. The van der Waals surface area contributed by atoms with Crippen LogP contribution in [0.4, 0.5) is 13.2 Å². The smallest absolute Gasteiger partial charge is 0.305 e. The maximum Gasteiger partial charge on any atom is 0.305 e. The number of aliphatic hydroxyl groups is 1.